The number of hydrogen-bond donors (Lipinski definition) is 2. The van der Waals surface area contributed by atoms with Crippen LogP contribution in [0.2, 0.25) is 0 Å². The molecular weight excluding hydrogens is 398 g/mol. The van der Waals surface area contributed by atoms with E-state index in [0.717, 1.165) is 37.2 Å². The Morgan fingerprint density at radius 1 is 1.00 bits per heavy atom. The van der Waals surface area contributed by atoms with Gasteiger partial charge in [0.15, 0.2) is 0 Å². The predicted octanol–water partition coefficient (Wildman–Crippen LogP) is 4.15. The van der Waals surface area contributed by atoms with E-state index in [0.29, 0.717) is 22.4 Å². The molecule has 2 N–H and O–H groups in total. The number of nitrogens with zero attached hydrogens (tertiary/aromatic N) is 1. The normalized spacial score (nSPS) is 14.3. The van der Waals surface area contributed by atoms with E-state index in [4.69, 9.17) is 0 Å². The van der Waals surface area contributed by atoms with Gasteiger partial charge in [-0.1, -0.05) is 17.7 Å². The molecule has 1 amide bonds. The monoisotopic (exact) mass is 429 g/mol. The number of nitrogens with one attached hydrogen (secondary N) is 2. The summed E-state index contributed by atoms with van der Waals surface area (Å²) in [7, 11) is -3.78. The maximum atomic E-state index is 13.1. The third-order valence-electron chi connectivity index (χ3n) is 5.23. The number of benzene rings is 2. The number of rotatable bonds is 6. The largest absolute Gasteiger partial charge is 0.371 e. The number of hydrogen-bond acceptors (Lipinski definition) is 4. The maximum absolute atomic E-state index is 13.1. The van der Waals surface area contributed by atoms with E-state index in [9.17, 15) is 13.2 Å². The predicted molar refractivity (Wildman–Crippen MR) is 122 cm³/mol. The minimum absolute atomic E-state index is 0.0119. The molecule has 162 valence electrons. The molecule has 1 aliphatic rings. The molecule has 1 aliphatic heterocycles. The first-order valence-electron chi connectivity index (χ1n) is 10.4. The molecule has 0 atom stereocenters. The van der Waals surface area contributed by atoms with Crippen LogP contribution in [-0.4, -0.2) is 33.5 Å². The summed E-state index contributed by atoms with van der Waals surface area (Å²) in [5.41, 5.74) is 4.13. The third kappa shape index (κ3) is 4.78. The zero-order chi connectivity index (χ0) is 22.1. The molecule has 6 nitrogen and oxygen atoms in total. The Kier molecular flexibility index (Phi) is 6.41. The van der Waals surface area contributed by atoms with Gasteiger partial charge < -0.3 is 10.2 Å². The molecule has 0 saturated carbocycles. The summed E-state index contributed by atoms with van der Waals surface area (Å²) in [6.07, 6.45) is 2.18. The number of sulfonamides is 1. The van der Waals surface area contributed by atoms with E-state index >= 15 is 0 Å². The van der Waals surface area contributed by atoms with Gasteiger partial charge in [-0.15, -0.1) is 0 Å². The SMILES string of the molecule is Cc1cc(C)c(S(=O)(=O)Nc2ccc(N3CCCC3)c(C(=O)NC(C)C)c2)c(C)c1. The van der Waals surface area contributed by atoms with Gasteiger partial charge in [-0.2, -0.15) is 0 Å². The first kappa shape index (κ1) is 22.2. The van der Waals surface area contributed by atoms with E-state index in [2.05, 4.69) is 14.9 Å². The van der Waals surface area contributed by atoms with Crippen LogP contribution in [0.4, 0.5) is 11.4 Å². The summed E-state index contributed by atoms with van der Waals surface area (Å²) in [5.74, 6) is -0.198. The van der Waals surface area contributed by atoms with Crippen molar-refractivity contribution < 1.29 is 13.2 Å². The molecule has 7 heteroatoms. The zero-order valence-electron chi connectivity index (χ0n) is 18.4. The van der Waals surface area contributed by atoms with Crippen LogP contribution in [0.25, 0.3) is 0 Å². The van der Waals surface area contributed by atoms with Crippen LogP contribution < -0.4 is 14.9 Å². The fourth-order valence-corrected chi connectivity index (χ4v) is 5.66. The van der Waals surface area contributed by atoms with Crippen molar-refractivity contribution in [3.63, 3.8) is 0 Å². The van der Waals surface area contributed by atoms with Crippen molar-refractivity contribution >= 4 is 27.3 Å². The van der Waals surface area contributed by atoms with Crippen molar-refractivity contribution in [2.75, 3.05) is 22.7 Å². The summed E-state index contributed by atoms with van der Waals surface area (Å²) in [6, 6.07) is 8.92. The summed E-state index contributed by atoms with van der Waals surface area (Å²) in [6.45, 7) is 11.1. The molecule has 0 radical (unpaired) electrons. The van der Waals surface area contributed by atoms with Crippen molar-refractivity contribution in [3.8, 4) is 0 Å². The van der Waals surface area contributed by atoms with Gasteiger partial charge >= 0.3 is 0 Å². The second kappa shape index (κ2) is 8.68. The highest BCUT2D eigenvalue weighted by molar-refractivity contribution is 7.92. The van der Waals surface area contributed by atoms with Crippen LogP contribution in [0.1, 0.15) is 53.7 Å². The highest BCUT2D eigenvalue weighted by Crippen LogP contribution is 2.30. The summed E-state index contributed by atoms with van der Waals surface area (Å²) in [4.78, 5) is 15.3. The molecule has 1 heterocycles. The first-order valence-corrected chi connectivity index (χ1v) is 11.9. The highest BCUT2D eigenvalue weighted by atomic mass is 32.2. The van der Waals surface area contributed by atoms with Crippen molar-refractivity contribution in [3.05, 3.63) is 52.6 Å². The Morgan fingerprint density at radius 2 is 1.60 bits per heavy atom. The molecule has 1 fully saturated rings. The molecular formula is C23H31N3O3S. The van der Waals surface area contributed by atoms with Gasteiger partial charge in [0.25, 0.3) is 15.9 Å². The molecule has 0 aliphatic carbocycles. The lowest BCUT2D eigenvalue weighted by Gasteiger charge is -2.23. The van der Waals surface area contributed by atoms with E-state index in [1.165, 1.54) is 0 Å². The van der Waals surface area contributed by atoms with E-state index in [1.807, 2.05) is 39.0 Å². The number of carbonyl (C=O) groups is 1. The Morgan fingerprint density at radius 3 is 2.17 bits per heavy atom. The molecule has 1 saturated heterocycles. The second-order valence-electron chi connectivity index (χ2n) is 8.39. The van der Waals surface area contributed by atoms with Gasteiger partial charge in [-0.25, -0.2) is 8.42 Å². The lowest BCUT2D eigenvalue weighted by atomic mass is 10.1. The van der Waals surface area contributed by atoms with Crippen LogP contribution in [0.3, 0.4) is 0 Å². The lowest BCUT2D eigenvalue weighted by Crippen LogP contribution is -2.32. The van der Waals surface area contributed by atoms with Crippen LogP contribution >= 0.6 is 0 Å². The maximum Gasteiger partial charge on any atom is 0.262 e. The van der Waals surface area contributed by atoms with Gasteiger partial charge in [-0.05, 0) is 76.8 Å². The summed E-state index contributed by atoms with van der Waals surface area (Å²) in [5, 5.41) is 2.93. The minimum atomic E-state index is -3.78. The molecule has 0 spiro atoms. The van der Waals surface area contributed by atoms with Gasteiger partial charge in [-0.3, -0.25) is 9.52 Å². The second-order valence-corrected chi connectivity index (χ2v) is 10.0. The zero-order valence-corrected chi connectivity index (χ0v) is 19.2. The van der Waals surface area contributed by atoms with Gasteiger partial charge in [0.05, 0.1) is 10.5 Å². The van der Waals surface area contributed by atoms with Crippen molar-refractivity contribution in [1.29, 1.82) is 0 Å². The van der Waals surface area contributed by atoms with E-state index in [1.54, 1.807) is 26.0 Å². The molecule has 0 bridgehead atoms. The molecule has 0 unspecified atom stereocenters. The Hall–Kier alpha value is -2.54. The van der Waals surface area contributed by atoms with Crippen LogP contribution in [0.15, 0.2) is 35.2 Å². The van der Waals surface area contributed by atoms with Crippen LogP contribution in [-0.2, 0) is 10.0 Å². The van der Waals surface area contributed by atoms with Gasteiger partial charge in [0, 0.05) is 30.5 Å². The Bertz CT molecular complexity index is 1030. The Balaban J connectivity index is 1.99. The standard InChI is InChI=1S/C23H31N3O3S/c1-15(2)24-23(27)20-14-19(8-9-21(20)26-10-6-7-11-26)25-30(28,29)22-17(4)12-16(3)13-18(22)5/h8-9,12-15,25H,6-7,10-11H2,1-5H3,(H,24,27). The highest BCUT2D eigenvalue weighted by Gasteiger charge is 2.23. The topological polar surface area (TPSA) is 78.5 Å². The summed E-state index contributed by atoms with van der Waals surface area (Å²) < 4.78 is 28.9. The smallest absolute Gasteiger partial charge is 0.262 e. The van der Waals surface area contributed by atoms with E-state index in [-0.39, 0.29) is 16.8 Å². The average molecular weight is 430 g/mol. The number of anilines is 2. The van der Waals surface area contributed by atoms with E-state index < -0.39 is 10.0 Å². The van der Waals surface area contributed by atoms with Crippen LogP contribution in [0, 0.1) is 20.8 Å². The lowest BCUT2D eigenvalue weighted by molar-refractivity contribution is 0.0943. The number of carbonyl (C=O) groups excluding carboxylic acids is 1. The first-order chi connectivity index (χ1) is 14.1. The minimum Gasteiger partial charge on any atom is -0.371 e. The van der Waals surface area contributed by atoms with Crippen LogP contribution in [0.5, 0.6) is 0 Å². The quantitative estimate of drug-likeness (QED) is 0.723. The van der Waals surface area contributed by atoms with Gasteiger partial charge in [0.1, 0.15) is 0 Å². The Labute approximate surface area is 179 Å². The summed E-state index contributed by atoms with van der Waals surface area (Å²) >= 11 is 0. The molecule has 30 heavy (non-hydrogen) atoms. The van der Waals surface area contributed by atoms with Gasteiger partial charge in [0.2, 0.25) is 0 Å². The average Bonchev–Trinajstić information content (AvgIpc) is 3.13. The fourth-order valence-electron chi connectivity index (χ4n) is 4.15. The fraction of sp³-hybridized carbons (Fsp3) is 0.435. The number of aryl methyl sites for hydroxylation is 3. The van der Waals surface area contributed by atoms with Crippen molar-refractivity contribution in [2.24, 2.45) is 0 Å². The molecule has 2 aromatic rings. The number of amides is 1. The molecule has 2 aromatic carbocycles. The molecule has 0 aromatic heterocycles. The third-order valence-corrected chi connectivity index (χ3v) is 6.92. The van der Waals surface area contributed by atoms with Crippen molar-refractivity contribution in [1.82, 2.24) is 5.32 Å². The molecule has 3 rings (SSSR count). The van der Waals surface area contributed by atoms with Crippen molar-refractivity contribution in [2.45, 2.75) is 58.4 Å².